The SMILES string of the molecule is COc1ccc(OC)c(CNC(=O)CSc2ccc(F)c(F)c2)c1. The Morgan fingerprint density at radius 3 is 2.54 bits per heavy atom. The van der Waals surface area contributed by atoms with Gasteiger partial charge in [0.05, 0.1) is 20.0 Å². The Morgan fingerprint density at radius 1 is 1.08 bits per heavy atom. The van der Waals surface area contributed by atoms with Gasteiger partial charge in [-0.2, -0.15) is 0 Å². The summed E-state index contributed by atoms with van der Waals surface area (Å²) in [5.74, 6) is -0.664. The Morgan fingerprint density at radius 2 is 1.88 bits per heavy atom. The van der Waals surface area contributed by atoms with Gasteiger partial charge in [-0.3, -0.25) is 4.79 Å². The quantitative estimate of drug-likeness (QED) is 0.775. The Balaban J connectivity index is 1.90. The number of methoxy groups -OCH3 is 2. The van der Waals surface area contributed by atoms with Gasteiger partial charge in [0.2, 0.25) is 5.91 Å². The molecule has 0 aliphatic carbocycles. The minimum Gasteiger partial charge on any atom is -0.497 e. The first-order valence-corrected chi connectivity index (χ1v) is 8.07. The normalized spacial score (nSPS) is 10.3. The van der Waals surface area contributed by atoms with Crippen LogP contribution in [0.4, 0.5) is 8.78 Å². The summed E-state index contributed by atoms with van der Waals surface area (Å²) in [6.07, 6.45) is 0. The van der Waals surface area contributed by atoms with Gasteiger partial charge in [-0.1, -0.05) is 0 Å². The highest BCUT2D eigenvalue weighted by Gasteiger charge is 2.09. The fraction of sp³-hybridized carbons (Fsp3) is 0.235. The van der Waals surface area contributed by atoms with E-state index in [9.17, 15) is 13.6 Å². The summed E-state index contributed by atoms with van der Waals surface area (Å²) in [7, 11) is 3.11. The van der Waals surface area contributed by atoms with Gasteiger partial charge in [-0.05, 0) is 36.4 Å². The molecule has 0 unspecified atom stereocenters. The van der Waals surface area contributed by atoms with Crippen molar-refractivity contribution in [2.45, 2.75) is 11.4 Å². The van der Waals surface area contributed by atoms with Gasteiger partial charge in [0.1, 0.15) is 11.5 Å². The summed E-state index contributed by atoms with van der Waals surface area (Å²) in [5.41, 5.74) is 0.781. The van der Waals surface area contributed by atoms with Crippen LogP contribution in [0.3, 0.4) is 0 Å². The highest BCUT2D eigenvalue weighted by Crippen LogP contribution is 2.24. The number of rotatable bonds is 7. The first kappa shape index (κ1) is 18.1. The summed E-state index contributed by atoms with van der Waals surface area (Å²) < 4.78 is 36.4. The molecule has 0 radical (unpaired) electrons. The van der Waals surface area contributed by atoms with E-state index in [1.165, 1.54) is 6.07 Å². The predicted molar refractivity (Wildman–Crippen MR) is 88.5 cm³/mol. The lowest BCUT2D eigenvalue weighted by Crippen LogP contribution is -2.24. The minimum atomic E-state index is -0.929. The molecular weight excluding hydrogens is 336 g/mol. The Kier molecular flexibility index (Phi) is 6.43. The predicted octanol–water partition coefficient (Wildman–Crippen LogP) is 3.39. The van der Waals surface area contributed by atoms with E-state index >= 15 is 0 Å². The lowest BCUT2D eigenvalue weighted by atomic mass is 10.2. The van der Waals surface area contributed by atoms with Crippen LogP contribution in [0.1, 0.15) is 5.56 Å². The molecule has 0 atom stereocenters. The molecule has 0 spiro atoms. The number of amides is 1. The third-order valence-electron chi connectivity index (χ3n) is 3.22. The lowest BCUT2D eigenvalue weighted by molar-refractivity contribution is -0.118. The molecule has 0 aromatic heterocycles. The summed E-state index contributed by atoms with van der Waals surface area (Å²) >= 11 is 1.13. The first-order valence-electron chi connectivity index (χ1n) is 7.09. The maximum atomic E-state index is 13.1. The fourth-order valence-electron chi connectivity index (χ4n) is 1.98. The molecule has 128 valence electrons. The molecule has 1 N–H and O–H groups in total. The van der Waals surface area contributed by atoms with E-state index in [4.69, 9.17) is 9.47 Å². The molecule has 2 aromatic rings. The van der Waals surface area contributed by atoms with Gasteiger partial charge >= 0.3 is 0 Å². The zero-order chi connectivity index (χ0) is 17.5. The molecule has 0 saturated heterocycles. The van der Waals surface area contributed by atoms with E-state index in [1.807, 2.05) is 0 Å². The van der Waals surface area contributed by atoms with Gasteiger partial charge in [-0.15, -0.1) is 11.8 Å². The van der Waals surface area contributed by atoms with Crippen LogP contribution in [-0.2, 0) is 11.3 Å². The lowest BCUT2D eigenvalue weighted by Gasteiger charge is -2.11. The van der Waals surface area contributed by atoms with E-state index in [1.54, 1.807) is 32.4 Å². The third-order valence-corrected chi connectivity index (χ3v) is 4.22. The van der Waals surface area contributed by atoms with Crippen LogP contribution in [0.25, 0.3) is 0 Å². The molecule has 0 heterocycles. The van der Waals surface area contributed by atoms with Crippen molar-refractivity contribution in [3.8, 4) is 11.5 Å². The molecule has 2 rings (SSSR count). The van der Waals surface area contributed by atoms with E-state index in [-0.39, 0.29) is 18.2 Å². The average Bonchev–Trinajstić information content (AvgIpc) is 2.60. The van der Waals surface area contributed by atoms with Crippen LogP contribution in [-0.4, -0.2) is 25.9 Å². The number of benzene rings is 2. The van der Waals surface area contributed by atoms with Gasteiger partial charge < -0.3 is 14.8 Å². The highest BCUT2D eigenvalue weighted by atomic mass is 32.2. The van der Waals surface area contributed by atoms with Crippen molar-refractivity contribution in [2.75, 3.05) is 20.0 Å². The van der Waals surface area contributed by atoms with E-state index in [0.717, 1.165) is 29.5 Å². The maximum absolute atomic E-state index is 13.1. The number of nitrogens with one attached hydrogen (secondary N) is 1. The van der Waals surface area contributed by atoms with Crippen LogP contribution in [0.5, 0.6) is 11.5 Å². The topological polar surface area (TPSA) is 47.6 Å². The Bertz CT molecular complexity index is 725. The van der Waals surface area contributed by atoms with Crippen LogP contribution in [0, 0.1) is 11.6 Å². The molecule has 2 aromatic carbocycles. The molecule has 0 aliphatic heterocycles. The van der Waals surface area contributed by atoms with Crippen molar-refractivity contribution in [3.05, 3.63) is 53.6 Å². The average molecular weight is 353 g/mol. The minimum absolute atomic E-state index is 0.0946. The van der Waals surface area contributed by atoms with Crippen LogP contribution in [0.15, 0.2) is 41.3 Å². The number of halogens is 2. The Labute approximate surface area is 143 Å². The number of thioether (sulfide) groups is 1. The van der Waals surface area contributed by atoms with Crippen molar-refractivity contribution in [2.24, 2.45) is 0 Å². The zero-order valence-electron chi connectivity index (χ0n) is 13.3. The molecule has 0 bridgehead atoms. The molecule has 4 nitrogen and oxygen atoms in total. The maximum Gasteiger partial charge on any atom is 0.230 e. The summed E-state index contributed by atoms with van der Waals surface area (Å²) in [6.45, 7) is 0.275. The molecule has 1 amide bonds. The zero-order valence-corrected chi connectivity index (χ0v) is 14.1. The van der Waals surface area contributed by atoms with Gasteiger partial charge in [0.15, 0.2) is 11.6 Å². The monoisotopic (exact) mass is 353 g/mol. The van der Waals surface area contributed by atoms with E-state index in [2.05, 4.69) is 5.32 Å². The third kappa shape index (κ3) is 4.86. The van der Waals surface area contributed by atoms with Crippen molar-refractivity contribution >= 4 is 17.7 Å². The molecular formula is C17H17F2NO3S. The van der Waals surface area contributed by atoms with Crippen molar-refractivity contribution in [1.29, 1.82) is 0 Å². The molecule has 0 aliphatic rings. The fourth-order valence-corrected chi connectivity index (χ4v) is 2.73. The number of ether oxygens (including phenoxy) is 2. The number of carbonyl (C=O) groups excluding carboxylic acids is 1. The first-order chi connectivity index (χ1) is 11.5. The highest BCUT2D eigenvalue weighted by molar-refractivity contribution is 8.00. The smallest absolute Gasteiger partial charge is 0.230 e. The summed E-state index contributed by atoms with van der Waals surface area (Å²) in [6, 6.07) is 8.84. The summed E-state index contributed by atoms with van der Waals surface area (Å²) in [4.78, 5) is 12.4. The number of hydrogen-bond acceptors (Lipinski definition) is 4. The molecule has 7 heteroatoms. The van der Waals surface area contributed by atoms with Crippen molar-refractivity contribution in [3.63, 3.8) is 0 Å². The standard InChI is InChI=1S/C17H17F2NO3S/c1-22-12-3-6-16(23-2)11(7-12)9-20-17(21)10-24-13-4-5-14(18)15(19)8-13/h3-8H,9-10H2,1-2H3,(H,20,21). The summed E-state index contributed by atoms with van der Waals surface area (Å²) in [5, 5.41) is 2.76. The van der Waals surface area contributed by atoms with E-state index < -0.39 is 11.6 Å². The number of hydrogen-bond donors (Lipinski definition) is 1. The number of carbonyl (C=O) groups is 1. The van der Waals surface area contributed by atoms with Gasteiger partial charge in [0, 0.05) is 17.0 Å². The molecule has 0 saturated carbocycles. The second-order valence-electron chi connectivity index (χ2n) is 4.82. The van der Waals surface area contributed by atoms with Gasteiger partial charge in [0.25, 0.3) is 0 Å². The van der Waals surface area contributed by atoms with Crippen LogP contribution in [0.2, 0.25) is 0 Å². The van der Waals surface area contributed by atoms with Crippen LogP contribution >= 0.6 is 11.8 Å². The molecule has 0 fully saturated rings. The van der Waals surface area contributed by atoms with Crippen molar-refractivity contribution < 1.29 is 23.0 Å². The van der Waals surface area contributed by atoms with Crippen LogP contribution < -0.4 is 14.8 Å². The largest absolute Gasteiger partial charge is 0.497 e. The van der Waals surface area contributed by atoms with Crippen molar-refractivity contribution in [1.82, 2.24) is 5.32 Å². The molecule has 24 heavy (non-hydrogen) atoms. The second-order valence-corrected chi connectivity index (χ2v) is 5.87. The Hall–Kier alpha value is -2.28. The second kappa shape index (κ2) is 8.54. The van der Waals surface area contributed by atoms with Gasteiger partial charge in [-0.25, -0.2) is 8.78 Å². The van der Waals surface area contributed by atoms with E-state index in [0.29, 0.717) is 16.4 Å².